The van der Waals surface area contributed by atoms with Crippen LogP contribution in [0.4, 0.5) is 5.69 Å². The predicted molar refractivity (Wildman–Crippen MR) is 93.2 cm³/mol. The number of hydrogen-bond donors (Lipinski definition) is 2. The number of nitrogen functional groups attached to an aromatic ring is 1. The Hall–Kier alpha value is -2.04. The highest BCUT2D eigenvalue weighted by Gasteiger charge is 2.42. The van der Waals surface area contributed by atoms with Gasteiger partial charge in [0.1, 0.15) is 5.41 Å². The summed E-state index contributed by atoms with van der Waals surface area (Å²) in [6, 6.07) is 17.0. The van der Waals surface area contributed by atoms with Gasteiger partial charge in [-0.05, 0) is 30.0 Å². The third-order valence-electron chi connectivity index (χ3n) is 3.95. The average Bonchev–Trinajstić information content (AvgIpc) is 2.58. The Morgan fingerprint density at radius 3 is 2.43 bits per heavy atom. The summed E-state index contributed by atoms with van der Waals surface area (Å²) in [4.78, 5) is 17.9. The van der Waals surface area contributed by atoms with E-state index < -0.39 is 5.41 Å². The summed E-state index contributed by atoms with van der Waals surface area (Å²) in [5.41, 5.74) is 9.91. The lowest BCUT2D eigenvalue weighted by atomic mass is 9.70. The van der Waals surface area contributed by atoms with Gasteiger partial charge >= 0.3 is 0 Å². The number of amides is 1. The maximum Gasteiger partial charge on any atom is 0.258 e. The van der Waals surface area contributed by atoms with E-state index in [9.17, 15) is 4.79 Å². The van der Waals surface area contributed by atoms with Crippen LogP contribution >= 0.6 is 11.6 Å². The molecule has 2 aromatic carbocycles. The third kappa shape index (κ3) is 3.49. The molecule has 0 saturated carbocycles. The fraction of sp³-hybridized carbons (Fsp3) is 0.278. The van der Waals surface area contributed by atoms with Gasteiger partial charge in [-0.15, -0.1) is 11.6 Å². The minimum absolute atomic E-state index is 0.255. The first-order valence-corrected chi connectivity index (χ1v) is 8.00. The van der Waals surface area contributed by atoms with Crippen molar-refractivity contribution in [3.63, 3.8) is 0 Å². The summed E-state index contributed by atoms with van der Waals surface area (Å²) in [6.45, 7) is 0. The van der Waals surface area contributed by atoms with Crippen molar-refractivity contribution in [3.8, 4) is 0 Å². The Labute approximate surface area is 141 Å². The minimum Gasteiger partial charge on any atom is -0.398 e. The normalized spacial score (nSPS) is 13.3. The van der Waals surface area contributed by atoms with E-state index in [4.69, 9.17) is 22.2 Å². The van der Waals surface area contributed by atoms with Gasteiger partial charge in [0.25, 0.3) is 5.91 Å². The quantitative estimate of drug-likeness (QED) is 0.465. The maximum absolute atomic E-state index is 13.0. The number of nitrogens with one attached hydrogen (secondary N) is 1. The van der Waals surface area contributed by atoms with Gasteiger partial charge in [-0.1, -0.05) is 48.5 Å². The van der Waals surface area contributed by atoms with Crippen LogP contribution in [0.25, 0.3) is 0 Å². The molecule has 5 heteroatoms. The molecule has 0 radical (unpaired) electrons. The van der Waals surface area contributed by atoms with E-state index in [1.54, 1.807) is 6.07 Å². The van der Waals surface area contributed by atoms with Crippen LogP contribution in [0.3, 0.4) is 0 Å². The molecule has 2 aromatic rings. The van der Waals surface area contributed by atoms with E-state index in [0.29, 0.717) is 24.4 Å². The highest BCUT2D eigenvalue weighted by atomic mass is 35.5. The van der Waals surface area contributed by atoms with Gasteiger partial charge in [0.2, 0.25) is 0 Å². The van der Waals surface area contributed by atoms with E-state index in [1.165, 1.54) is 7.11 Å². The summed E-state index contributed by atoms with van der Waals surface area (Å²) >= 11 is 5.91. The molecule has 0 spiro atoms. The van der Waals surface area contributed by atoms with Gasteiger partial charge in [-0.3, -0.25) is 9.63 Å². The molecule has 0 bridgehead atoms. The molecule has 1 atom stereocenters. The molecule has 1 amide bonds. The number of hydrogen-bond acceptors (Lipinski definition) is 3. The summed E-state index contributed by atoms with van der Waals surface area (Å²) in [7, 11) is 1.42. The molecule has 4 nitrogen and oxygen atoms in total. The molecular formula is C18H21ClN2O2. The largest absolute Gasteiger partial charge is 0.398 e. The number of para-hydroxylation sites is 1. The predicted octanol–water partition coefficient (Wildman–Crippen LogP) is 3.25. The van der Waals surface area contributed by atoms with Gasteiger partial charge in [0.15, 0.2) is 0 Å². The fourth-order valence-electron chi connectivity index (χ4n) is 2.92. The van der Waals surface area contributed by atoms with Crippen molar-refractivity contribution in [1.82, 2.24) is 5.48 Å². The Bertz CT molecular complexity index is 648. The number of nitrogens with two attached hydrogens (primary N) is 1. The van der Waals surface area contributed by atoms with Crippen LogP contribution in [-0.4, -0.2) is 18.9 Å². The molecule has 0 aliphatic rings. The summed E-state index contributed by atoms with van der Waals surface area (Å²) in [5, 5.41) is 0. The number of anilines is 1. The van der Waals surface area contributed by atoms with E-state index >= 15 is 0 Å². The second kappa shape index (κ2) is 7.99. The number of rotatable bonds is 7. The summed E-state index contributed by atoms with van der Waals surface area (Å²) in [5.74, 6) is 0.205. The van der Waals surface area contributed by atoms with Crippen LogP contribution in [0.5, 0.6) is 0 Å². The summed E-state index contributed by atoms with van der Waals surface area (Å²) < 4.78 is 0. The highest BCUT2D eigenvalue weighted by Crippen LogP contribution is 2.40. The Morgan fingerprint density at radius 2 is 1.83 bits per heavy atom. The van der Waals surface area contributed by atoms with Gasteiger partial charge in [0.05, 0.1) is 7.11 Å². The van der Waals surface area contributed by atoms with Crippen LogP contribution < -0.4 is 11.2 Å². The van der Waals surface area contributed by atoms with Crippen molar-refractivity contribution in [2.24, 2.45) is 0 Å². The van der Waals surface area contributed by atoms with Crippen molar-refractivity contribution in [2.75, 3.05) is 18.7 Å². The van der Waals surface area contributed by atoms with Gasteiger partial charge in [0, 0.05) is 11.6 Å². The first kappa shape index (κ1) is 17.3. The van der Waals surface area contributed by atoms with Crippen LogP contribution in [0.2, 0.25) is 0 Å². The number of carbonyl (C=O) groups is 1. The number of halogens is 1. The average molecular weight is 333 g/mol. The fourth-order valence-corrected chi connectivity index (χ4v) is 3.06. The Morgan fingerprint density at radius 1 is 1.17 bits per heavy atom. The van der Waals surface area contributed by atoms with Crippen LogP contribution in [-0.2, 0) is 15.0 Å². The molecule has 0 aliphatic carbocycles. The molecule has 2 rings (SSSR count). The second-order valence-electron chi connectivity index (χ2n) is 5.29. The number of alkyl halides is 1. The van der Waals surface area contributed by atoms with Gasteiger partial charge in [-0.25, -0.2) is 5.48 Å². The first-order chi connectivity index (χ1) is 11.2. The van der Waals surface area contributed by atoms with Crippen molar-refractivity contribution in [2.45, 2.75) is 18.3 Å². The van der Waals surface area contributed by atoms with E-state index in [0.717, 1.165) is 11.1 Å². The molecule has 1 unspecified atom stereocenters. The molecule has 0 aromatic heterocycles. The molecule has 122 valence electrons. The summed E-state index contributed by atoms with van der Waals surface area (Å²) in [6.07, 6.45) is 1.20. The van der Waals surface area contributed by atoms with Gasteiger partial charge < -0.3 is 5.73 Å². The molecule has 0 saturated heterocycles. The lowest BCUT2D eigenvalue weighted by Crippen LogP contribution is -2.45. The molecule has 23 heavy (non-hydrogen) atoms. The topological polar surface area (TPSA) is 64.3 Å². The second-order valence-corrected chi connectivity index (χ2v) is 5.66. The number of benzene rings is 2. The monoisotopic (exact) mass is 332 g/mol. The van der Waals surface area contributed by atoms with Crippen molar-refractivity contribution in [3.05, 3.63) is 65.7 Å². The SMILES string of the molecule is CONC(=O)C(CCCCl)(c1ccccc1)c1ccccc1N. The number of hydroxylamine groups is 1. The molecule has 0 fully saturated rings. The molecule has 3 N–H and O–H groups in total. The van der Waals surface area contributed by atoms with Gasteiger partial charge in [-0.2, -0.15) is 0 Å². The zero-order chi connectivity index (χ0) is 16.7. The first-order valence-electron chi connectivity index (χ1n) is 7.46. The van der Waals surface area contributed by atoms with E-state index in [1.807, 2.05) is 48.5 Å². The van der Waals surface area contributed by atoms with E-state index in [2.05, 4.69) is 5.48 Å². The standard InChI is InChI=1S/C18H21ClN2O2/c1-23-21-17(22)18(12-7-13-19,14-8-3-2-4-9-14)15-10-5-6-11-16(15)20/h2-6,8-11H,7,12-13,20H2,1H3,(H,21,22). The van der Waals surface area contributed by atoms with Crippen molar-refractivity contribution < 1.29 is 9.63 Å². The Kier molecular flexibility index (Phi) is 6.02. The maximum atomic E-state index is 13.0. The molecule has 0 aliphatic heterocycles. The van der Waals surface area contributed by atoms with Crippen molar-refractivity contribution >= 4 is 23.2 Å². The molecular weight excluding hydrogens is 312 g/mol. The van der Waals surface area contributed by atoms with Crippen LogP contribution in [0.1, 0.15) is 24.0 Å². The zero-order valence-electron chi connectivity index (χ0n) is 13.1. The van der Waals surface area contributed by atoms with Crippen molar-refractivity contribution in [1.29, 1.82) is 0 Å². The lowest BCUT2D eigenvalue weighted by Gasteiger charge is -2.34. The minimum atomic E-state index is -0.947. The van der Waals surface area contributed by atoms with E-state index in [-0.39, 0.29) is 5.91 Å². The molecule has 0 heterocycles. The lowest BCUT2D eigenvalue weighted by molar-refractivity contribution is -0.136. The Balaban J connectivity index is 2.68. The highest BCUT2D eigenvalue weighted by molar-refractivity contribution is 6.17. The van der Waals surface area contributed by atoms with Crippen LogP contribution in [0, 0.1) is 0 Å². The smallest absolute Gasteiger partial charge is 0.258 e. The zero-order valence-corrected chi connectivity index (χ0v) is 13.8. The van der Waals surface area contributed by atoms with Crippen LogP contribution in [0.15, 0.2) is 54.6 Å². The third-order valence-corrected chi connectivity index (χ3v) is 4.22. The number of carbonyl (C=O) groups excluding carboxylic acids is 1.